The summed E-state index contributed by atoms with van der Waals surface area (Å²) in [4.78, 5) is 2.81. The van der Waals surface area contributed by atoms with Gasteiger partial charge in [-0.05, 0) is 37.1 Å². The summed E-state index contributed by atoms with van der Waals surface area (Å²) >= 11 is 0. The second kappa shape index (κ2) is 5.07. The fourth-order valence-corrected chi connectivity index (χ4v) is 2.87. The fourth-order valence-electron chi connectivity index (χ4n) is 1.73. The number of aliphatic hydroxyl groups excluding tert-OH is 1. The van der Waals surface area contributed by atoms with Crippen molar-refractivity contribution in [3.05, 3.63) is 47.3 Å². The molecule has 0 bridgehead atoms. The molecule has 0 aliphatic rings. The van der Waals surface area contributed by atoms with E-state index in [1.165, 1.54) is 12.3 Å². The standard InChI is InChI=1S/C13H16N2O3S/c1-9-4-3-5-13(10(9)2)15-19(17,18)12-6-11(8-16)14-7-12/h3-7,14-16H,8H2,1-2H3. The minimum absolute atomic E-state index is 0.109. The highest BCUT2D eigenvalue weighted by atomic mass is 32.2. The summed E-state index contributed by atoms with van der Waals surface area (Å²) < 4.78 is 26.9. The van der Waals surface area contributed by atoms with Crippen LogP contribution in [-0.4, -0.2) is 18.5 Å². The highest BCUT2D eigenvalue weighted by molar-refractivity contribution is 7.92. The number of aryl methyl sites for hydroxylation is 1. The Morgan fingerprint density at radius 2 is 2.05 bits per heavy atom. The molecule has 0 saturated heterocycles. The van der Waals surface area contributed by atoms with Crippen LogP contribution in [0.25, 0.3) is 0 Å². The zero-order valence-electron chi connectivity index (χ0n) is 10.8. The van der Waals surface area contributed by atoms with E-state index in [9.17, 15) is 8.42 Å². The monoisotopic (exact) mass is 280 g/mol. The third-order valence-electron chi connectivity index (χ3n) is 3.05. The third-order valence-corrected chi connectivity index (χ3v) is 4.39. The van der Waals surface area contributed by atoms with Gasteiger partial charge in [0.2, 0.25) is 0 Å². The van der Waals surface area contributed by atoms with Crippen LogP contribution in [0.4, 0.5) is 5.69 Å². The molecule has 3 N–H and O–H groups in total. The van der Waals surface area contributed by atoms with E-state index < -0.39 is 10.0 Å². The Kier molecular flexibility index (Phi) is 3.64. The number of hydrogen-bond acceptors (Lipinski definition) is 3. The normalized spacial score (nSPS) is 11.5. The van der Waals surface area contributed by atoms with Gasteiger partial charge in [0, 0.05) is 11.9 Å². The molecular weight excluding hydrogens is 264 g/mol. The molecule has 5 nitrogen and oxygen atoms in total. The first-order valence-electron chi connectivity index (χ1n) is 5.81. The van der Waals surface area contributed by atoms with E-state index in [0.29, 0.717) is 11.4 Å². The van der Waals surface area contributed by atoms with Gasteiger partial charge < -0.3 is 10.1 Å². The first-order valence-corrected chi connectivity index (χ1v) is 7.29. The number of rotatable bonds is 4. The number of H-pyrrole nitrogens is 1. The van der Waals surface area contributed by atoms with Crippen molar-refractivity contribution in [3.8, 4) is 0 Å². The van der Waals surface area contributed by atoms with E-state index in [1.807, 2.05) is 19.9 Å². The van der Waals surface area contributed by atoms with E-state index in [0.717, 1.165) is 11.1 Å². The topological polar surface area (TPSA) is 82.2 Å². The van der Waals surface area contributed by atoms with Gasteiger partial charge in [-0.3, -0.25) is 4.72 Å². The molecule has 0 spiro atoms. The summed E-state index contributed by atoms with van der Waals surface area (Å²) in [6.07, 6.45) is 1.36. The summed E-state index contributed by atoms with van der Waals surface area (Å²) in [5.41, 5.74) is 2.93. The largest absolute Gasteiger partial charge is 0.390 e. The Hall–Kier alpha value is -1.79. The first kappa shape index (κ1) is 13.6. The van der Waals surface area contributed by atoms with Gasteiger partial charge in [-0.2, -0.15) is 0 Å². The van der Waals surface area contributed by atoms with Crippen molar-refractivity contribution < 1.29 is 13.5 Å². The molecule has 0 aliphatic heterocycles. The summed E-state index contributed by atoms with van der Waals surface area (Å²) in [5.74, 6) is 0. The van der Waals surface area contributed by atoms with Crippen molar-refractivity contribution in [1.82, 2.24) is 4.98 Å². The number of nitrogens with one attached hydrogen (secondary N) is 2. The van der Waals surface area contributed by atoms with E-state index in [1.54, 1.807) is 12.1 Å². The quantitative estimate of drug-likeness (QED) is 0.800. The van der Waals surface area contributed by atoms with Crippen molar-refractivity contribution in [2.75, 3.05) is 4.72 Å². The van der Waals surface area contributed by atoms with Crippen molar-refractivity contribution in [1.29, 1.82) is 0 Å². The number of aliphatic hydroxyl groups is 1. The Labute approximate surface area is 112 Å². The number of aromatic amines is 1. The maximum Gasteiger partial charge on any atom is 0.263 e. The van der Waals surface area contributed by atoms with Gasteiger partial charge in [-0.15, -0.1) is 0 Å². The van der Waals surface area contributed by atoms with Crippen molar-refractivity contribution in [3.63, 3.8) is 0 Å². The Balaban J connectivity index is 2.33. The summed E-state index contributed by atoms with van der Waals surface area (Å²) in [7, 11) is -3.63. The molecule has 0 amide bonds. The van der Waals surface area contributed by atoms with E-state index in [4.69, 9.17) is 5.11 Å². The summed E-state index contributed by atoms with van der Waals surface area (Å²) in [6, 6.07) is 6.86. The van der Waals surface area contributed by atoms with Crippen LogP contribution < -0.4 is 4.72 Å². The number of aromatic nitrogens is 1. The molecule has 0 unspecified atom stereocenters. The molecule has 1 aromatic heterocycles. The lowest BCUT2D eigenvalue weighted by molar-refractivity contribution is 0.277. The number of sulfonamides is 1. The number of benzene rings is 1. The lowest BCUT2D eigenvalue weighted by Gasteiger charge is -2.11. The molecule has 0 fully saturated rings. The van der Waals surface area contributed by atoms with Gasteiger partial charge >= 0.3 is 0 Å². The Morgan fingerprint density at radius 3 is 2.68 bits per heavy atom. The Morgan fingerprint density at radius 1 is 1.32 bits per heavy atom. The average Bonchev–Trinajstić information content (AvgIpc) is 2.84. The molecule has 1 heterocycles. The zero-order valence-corrected chi connectivity index (χ0v) is 11.6. The van der Waals surface area contributed by atoms with Gasteiger partial charge in [0.15, 0.2) is 0 Å². The van der Waals surface area contributed by atoms with Gasteiger partial charge in [-0.25, -0.2) is 8.42 Å². The summed E-state index contributed by atoms with van der Waals surface area (Å²) in [6.45, 7) is 3.57. The lowest BCUT2D eigenvalue weighted by Crippen LogP contribution is -2.13. The van der Waals surface area contributed by atoms with Crippen molar-refractivity contribution >= 4 is 15.7 Å². The second-order valence-electron chi connectivity index (χ2n) is 4.37. The maximum atomic E-state index is 12.2. The maximum absolute atomic E-state index is 12.2. The molecule has 2 rings (SSSR count). The van der Waals surface area contributed by atoms with Gasteiger partial charge in [0.05, 0.1) is 12.3 Å². The molecule has 102 valence electrons. The van der Waals surface area contributed by atoms with Crippen LogP contribution in [0, 0.1) is 13.8 Å². The minimum Gasteiger partial charge on any atom is -0.390 e. The van der Waals surface area contributed by atoms with Gasteiger partial charge in [0.1, 0.15) is 4.90 Å². The molecule has 0 aliphatic carbocycles. The molecule has 0 radical (unpaired) electrons. The van der Waals surface area contributed by atoms with Crippen LogP contribution in [0.5, 0.6) is 0 Å². The number of anilines is 1. The van der Waals surface area contributed by atoms with Crippen LogP contribution in [0.3, 0.4) is 0 Å². The van der Waals surface area contributed by atoms with Crippen LogP contribution >= 0.6 is 0 Å². The predicted molar refractivity (Wildman–Crippen MR) is 73.4 cm³/mol. The van der Waals surface area contributed by atoms with Crippen molar-refractivity contribution in [2.24, 2.45) is 0 Å². The molecule has 6 heteroatoms. The molecular formula is C13H16N2O3S. The summed E-state index contributed by atoms with van der Waals surface area (Å²) in [5, 5.41) is 8.94. The smallest absolute Gasteiger partial charge is 0.263 e. The van der Waals surface area contributed by atoms with Crippen LogP contribution in [0.2, 0.25) is 0 Å². The highest BCUT2D eigenvalue weighted by Crippen LogP contribution is 2.22. The SMILES string of the molecule is Cc1cccc(NS(=O)(=O)c2c[nH]c(CO)c2)c1C. The molecule has 19 heavy (non-hydrogen) atoms. The molecule has 0 saturated carbocycles. The predicted octanol–water partition coefficient (Wildman–Crippen LogP) is 1.92. The van der Waals surface area contributed by atoms with Crippen molar-refractivity contribution in [2.45, 2.75) is 25.3 Å². The van der Waals surface area contributed by atoms with Gasteiger partial charge in [-0.1, -0.05) is 12.1 Å². The minimum atomic E-state index is -3.63. The molecule has 1 aromatic carbocycles. The molecule has 2 aromatic rings. The zero-order chi connectivity index (χ0) is 14.0. The number of hydrogen-bond donors (Lipinski definition) is 3. The Bertz CT molecular complexity index is 690. The van der Waals surface area contributed by atoms with E-state index >= 15 is 0 Å². The van der Waals surface area contributed by atoms with Gasteiger partial charge in [0.25, 0.3) is 10.0 Å². The van der Waals surface area contributed by atoms with Crippen LogP contribution in [0.15, 0.2) is 35.4 Å². The fraction of sp³-hybridized carbons (Fsp3) is 0.231. The van der Waals surface area contributed by atoms with Crippen LogP contribution in [0.1, 0.15) is 16.8 Å². The third kappa shape index (κ3) is 2.80. The van der Waals surface area contributed by atoms with Crippen LogP contribution in [-0.2, 0) is 16.6 Å². The van der Waals surface area contributed by atoms with E-state index in [2.05, 4.69) is 9.71 Å². The first-order chi connectivity index (χ1) is 8.94. The average molecular weight is 280 g/mol. The second-order valence-corrected chi connectivity index (χ2v) is 6.05. The molecule has 0 atom stereocenters. The lowest BCUT2D eigenvalue weighted by atomic mass is 10.1. The highest BCUT2D eigenvalue weighted by Gasteiger charge is 2.17. The van der Waals surface area contributed by atoms with E-state index in [-0.39, 0.29) is 11.5 Å².